The van der Waals surface area contributed by atoms with Crippen molar-refractivity contribution in [1.82, 2.24) is 9.97 Å². The third-order valence-electron chi connectivity index (χ3n) is 15.6. The van der Waals surface area contributed by atoms with Gasteiger partial charge in [0.05, 0.1) is 5.69 Å². The molecule has 14 rings (SSSR count). The first-order chi connectivity index (χ1) is 37.7. The minimum atomic E-state index is -3.05. The molecule has 0 fully saturated rings. The van der Waals surface area contributed by atoms with Crippen molar-refractivity contribution in [3.8, 4) is 33.5 Å². The molecule has 0 N–H and O–H groups in total. The molecule has 1 aromatic heterocycles. The van der Waals surface area contributed by atoms with E-state index in [1.807, 2.05) is 0 Å². The summed E-state index contributed by atoms with van der Waals surface area (Å²) in [5.41, 5.74) is 10.9. The third kappa shape index (κ3) is 7.18. The van der Waals surface area contributed by atoms with Crippen molar-refractivity contribution in [3.05, 3.63) is 303 Å². The zero-order valence-corrected chi connectivity index (χ0v) is 43.7. The van der Waals surface area contributed by atoms with E-state index < -0.39 is 16.1 Å². The Morgan fingerprint density at radius 1 is 0.237 bits per heavy atom. The lowest BCUT2D eigenvalue weighted by molar-refractivity contribution is 1.06. The Kier molecular flexibility index (Phi) is 11.2. The largest absolute Gasteiger partial charge is 0.295 e. The van der Waals surface area contributed by atoms with E-state index in [0.29, 0.717) is 5.95 Å². The maximum absolute atomic E-state index is 5.92. The molecule has 11 aromatic carbocycles. The second kappa shape index (κ2) is 18.8. The van der Waals surface area contributed by atoms with Crippen LogP contribution in [0.25, 0.3) is 33.5 Å². The molecule has 3 heterocycles. The first-order valence-electron chi connectivity index (χ1n) is 26.1. The predicted molar refractivity (Wildman–Crippen MR) is 322 cm³/mol. The van der Waals surface area contributed by atoms with Gasteiger partial charge >= 0.3 is 0 Å². The van der Waals surface area contributed by atoms with Crippen LogP contribution in [0.5, 0.6) is 0 Å². The summed E-state index contributed by atoms with van der Waals surface area (Å²) >= 11 is 0. The van der Waals surface area contributed by atoms with E-state index in [-0.39, 0.29) is 0 Å². The van der Waals surface area contributed by atoms with Gasteiger partial charge in [-0.1, -0.05) is 273 Å². The smallest absolute Gasteiger partial charge is 0.237 e. The van der Waals surface area contributed by atoms with Crippen LogP contribution in [0.4, 0.5) is 34.5 Å². The molecule has 12 aromatic rings. The molecule has 0 amide bonds. The number of fused-ring (bicyclic) bond motifs is 4. The Balaban J connectivity index is 1.07. The van der Waals surface area contributed by atoms with Gasteiger partial charge in [0.25, 0.3) is 0 Å². The highest BCUT2D eigenvalue weighted by Crippen LogP contribution is 2.44. The molecule has 0 radical (unpaired) electrons. The highest BCUT2D eigenvalue weighted by molar-refractivity contribution is 7.22. The number of anilines is 6. The van der Waals surface area contributed by atoms with Gasteiger partial charge in [-0.3, -0.25) is 9.80 Å². The molecule has 6 heteroatoms. The summed E-state index contributed by atoms with van der Waals surface area (Å²) in [5.74, 6) is 1.38. The zero-order valence-electron chi connectivity index (χ0n) is 41.7. The summed E-state index contributed by atoms with van der Waals surface area (Å²) < 4.78 is 0. The molecular formula is C70H50N4Si2. The molecule has 0 saturated heterocycles. The summed E-state index contributed by atoms with van der Waals surface area (Å²) in [6, 6.07) is 112. The first-order valence-corrected chi connectivity index (χ1v) is 30.1. The van der Waals surface area contributed by atoms with Crippen molar-refractivity contribution >= 4 is 92.2 Å². The van der Waals surface area contributed by atoms with Crippen molar-refractivity contribution in [2.75, 3.05) is 9.80 Å². The molecule has 0 unspecified atom stereocenters. The SMILES string of the molecule is c1ccc(-c2ccc3c(c2)[Si](c2ccccc2)(c2ccccc2)c2ccccc2N3c2cc(-c3ccccc3)nc(N3c4ccccc4[Si](c4ccccc4)(c4ccccc4)c4cc(-c5ccccc5)ccc43)n2)cc1. The van der Waals surface area contributed by atoms with E-state index in [0.717, 1.165) is 39.8 Å². The Morgan fingerprint density at radius 3 is 0.987 bits per heavy atom. The Labute approximate surface area is 446 Å². The van der Waals surface area contributed by atoms with Crippen LogP contribution in [0.15, 0.2) is 303 Å². The molecule has 0 atom stereocenters. The molecule has 358 valence electrons. The Hall–Kier alpha value is -9.47. The van der Waals surface area contributed by atoms with E-state index in [2.05, 4.69) is 313 Å². The van der Waals surface area contributed by atoms with Crippen LogP contribution in [-0.4, -0.2) is 26.1 Å². The van der Waals surface area contributed by atoms with Crippen molar-refractivity contribution < 1.29 is 0 Å². The lowest BCUT2D eigenvalue weighted by Crippen LogP contribution is -2.77. The monoisotopic (exact) mass is 1000 g/mol. The maximum atomic E-state index is 5.92. The number of rotatable bonds is 9. The van der Waals surface area contributed by atoms with Gasteiger partial charge in [0, 0.05) is 34.4 Å². The van der Waals surface area contributed by atoms with Crippen molar-refractivity contribution in [1.29, 1.82) is 0 Å². The lowest BCUT2D eigenvalue weighted by atomic mass is 10.0. The summed E-state index contributed by atoms with van der Waals surface area (Å²) in [7, 11) is -6.09. The Bertz CT molecular complexity index is 3730. The summed E-state index contributed by atoms with van der Waals surface area (Å²) in [4.78, 5) is 16.4. The highest BCUT2D eigenvalue weighted by Gasteiger charge is 2.51. The summed E-state index contributed by atoms with van der Waals surface area (Å²) in [6.07, 6.45) is 0. The van der Waals surface area contributed by atoms with Gasteiger partial charge in [0.2, 0.25) is 5.95 Å². The summed E-state index contributed by atoms with van der Waals surface area (Å²) in [6.45, 7) is 0. The topological polar surface area (TPSA) is 32.3 Å². The van der Waals surface area contributed by atoms with Crippen LogP contribution >= 0.6 is 0 Å². The van der Waals surface area contributed by atoms with Crippen LogP contribution in [0, 0.1) is 0 Å². The molecule has 2 aliphatic rings. The molecule has 76 heavy (non-hydrogen) atoms. The van der Waals surface area contributed by atoms with Crippen LogP contribution in [0.3, 0.4) is 0 Å². The molecular weight excluding hydrogens is 953 g/mol. The van der Waals surface area contributed by atoms with Gasteiger partial charge < -0.3 is 0 Å². The van der Waals surface area contributed by atoms with Gasteiger partial charge in [-0.2, -0.15) is 4.98 Å². The van der Waals surface area contributed by atoms with Crippen LogP contribution in [-0.2, 0) is 0 Å². The maximum Gasteiger partial charge on any atom is 0.237 e. The van der Waals surface area contributed by atoms with E-state index in [1.165, 1.54) is 63.7 Å². The first kappa shape index (κ1) is 45.2. The van der Waals surface area contributed by atoms with Gasteiger partial charge in [-0.15, -0.1) is 0 Å². The highest BCUT2D eigenvalue weighted by atomic mass is 28.3. The normalized spacial score (nSPS) is 13.7. The fourth-order valence-corrected chi connectivity index (χ4v) is 22.6. The molecule has 4 nitrogen and oxygen atoms in total. The predicted octanol–water partition coefficient (Wildman–Crippen LogP) is 11.8. The third-order valence-corrected chi connectivity index (χ3v) is 25.3. The van der Waals surface area contributed by atoms with Crippen molar-refractivity contribution in [3.63, 3.8) is 0 Å². The molecule has 0 spiro atoms. The lowest BCUT2D eigenvalue weighted by Gasteiger charge is -2.45. The number of aromatic nitrogens is 2. The average molecular weight is 1000 g/mol. The van der Waals surface area contributed by atoms with E-state index in [1.54, 1.807) is 0 Å². The van der Waals surface area contributed by atoms with Crippen LogP contribution in [0.2, 0.25) is 0 Å². The minimum Gasteiger partial charge on any atom is -0.295 e. The number of benzene rings is 11. The van der Waals surface area contributed by atoms with Gasteiger partial charge in [0.1, 0.15) is 5.82 Å². The van der Waals surface area contributed by atoms with Crippen molar-refractivity contribution in [2.24, 2.45) is 0 Å². The van der Waals surface area contributed by atoms with Gasteiger partial charge in [-0.05, 0) is 88.0 Å². The molecule has 0 bridgehead atoms. The van der Waals surface area contributed by atoms with E-state index >= 15 is 0 Å². The number of hydrogen-bond donors (Lipinski definition) is 0. The number of para-hydroxylation sites is 2. The minimum absolute atomic E-state index is 0.598. The zero-order chi connectivity index (χ0) is 50.5. The Morgan fingerprint density at radius 2 is 0.566 bits per heavy atom. The number of hydrogen-bond acceptors (Lipinski definition) is 4. The quantitative estimate of drug-likeness (QED) is 0.135. The standard InChI is InChI=1S/C70H50N4Si2/c1-8-26-51(27-9-1)54-44-46-63-67(48-54)75(56-32-14-4-15-33-56,57-34-16-5-17-35-57)65-42-24-22-40-61(65)73(63)69-50-60(53-30-12-3-13-31-53)71-70(72-69)74-62-41-23-25-43-66(62)76(58-36-18-6-19-37-58,59-38-20-7-21-39-59)68-49-55(45-47-64(68)74)52-28-10-2-11-29-52/h1-50H. The van der Waals surface area contributed by atoms with Crippen LogP contribution in [0.1, 0.15) is 0 Å². The van der Waals surface area contributed by atoms with Gasteiger partial charge in [-0.25, -0.2) is 4.98 Å². The molecule has 0 aliphatic carbocycles. The van der Waals surface area contributed by atoms with Crippen LogP contribution < -0.4 is 51.3 Å². The van der Waals surface area contributed by atoms with E-state index in [9.17, 15) is 0 Å². The number of nitrogens with zero attached hydrogens (tertiary/aromatic N) is 4. The molecule has 0 saturated carbocycles. The summed E-state index contributed by atoms with van der Waals surface area (Å²) in [5, 5.41) is 10.5. The molecule has 2 aliphatic heterocycles. The van der Waals surface area contributed by atoms with Crippen molar-refractivity contribution in [2.45, 2.75) is 0 Å². The van der Waals surface area contributed by atoms with Gasteiger partial charge in [0.15, 0.2) is 16.1 Å². The fourth-order valence-electron chi connectivity index (χ4n) is 12.4. The average Bonchev–Trinajstić information content (AvgIpc) is 3.55. The second-order valence-electron chi connectivity index (χ2n) is 19.6. The second-order valence-corrected chi connectivity index (χ2v) is 27.1. The van der Waals surface area contributed by atoms with E-state index in [4.69, 9.17) is 9.97 Å². The fraction of sp³-hybridized carbons (Fsp3) is 0.